The molecule has 0 bridgehead atoms. The number of nitrogens with one attached hydrogen (secondary N) is 2. The van der Waals surface area contributed by atoms with Gasteiger partial charge >= 0.3 is 23.5 Å². The first-order chi connectivity index (χ1) is 25.2. The second-order valence-electron chi connectivity index (χ2n) is 16.6. The SMILES string of the molecule is CC(=O)O[C@H]1C[C@]2(O)[C@@H]3CC[C@@H]4C[C@@H](OC(=O)CCCCCCC(=O)N[C@@H](Cc5cnc[nH]5)C(=O)O)CC[C@]4(C)[C@H]3CC[C@]2(C)[C@H]1c1ccc(=O)oc1. The van der Waals surface area contributed by atoms with Crippen molar-refractivity contribution in [2.24, 2.45) is 28.6 Å². The molecular formula is C40H55N3O10. The second-order valence-corrected chi connectivity index (χ2v) is 16.6. The molecule has 4 fully saturated rings. The van der Waals surface area contributed by atoms with Gasteiger partial charge in [0.15, 0.2) is 0 Å². The van der Waals surface area contributed by atoms with Gasteiger partial charge in [-0.3, -0.25) is 14.4 Å². The number of amides is 1. The molecule has 0 radical (unpaired) electrons. The highest BCUT2D eigenvalue weighted by molar-refractivity contribution is 5.83. The van der Waals surface area contributed by atoms with Crippen LogP contribution >= 0.6 is 0 Å². The van der Waals surface area contributed by atoms with Gasteiger partial charge in [0.2, 0.25) is 5.91 Å². The monoisotopic (exact) mass is 737 g/mol. The minimum absolute atomic E-state index is 0.00664. The number of unbranched alkanes of at least 4 members (excludes halogenated alkanes) is 3. The Morgan fingerprint density at radius 3 is 2.47 bits per heavy atom. The van der Waals surface area contributed by atoms with Crippen LogP contribution in [-0.2, 0) is 35.1 Å². The van der Waals surface area contributed by atoms with Crippen LogP contribution in [-0.4, -0.2) is 67.8 Å². The Labute approximate surface area is 310 Å². The number of aliphatic carboxylic acids is 1. The summed E-state index contributed by atoms with van der Waals surface area (Å²) in [6.45, 7) is 5.88. The predicted octanol–water partition coefficient (Wildman–Crippen LogP) is 5.21. The van der Waals surface area contributed by atoms with Gasteiger partial charge in [-0.05, 0) is 92.6 Å². The Kier molecular flexibility index (Phi) is 11.5. The van der Waals surface area contributed by atoms with Gasteiger partial charge < -0.3 is 34.4 Å². The van der Waals surface area contributed by atoms with Crippen molar-refractivity contribution >= 4 is 23.8 Å². The summed E-state index contributed by atoms with van der Waals surface area (Å²) in [4.78, 5) is 67.5. The fraction of sp³-hybridized carbons (Fsp3) is 0.700. The van der Waals surface area contributed by atoms with Crippen molar-refractivity contribution in [2.75, 3.05) is 0 Å². The lowest BCUT2D eigenvalue weighted by Crippen LogP contribution is -2.62. The van der Waals surface area contributed by atoms with E-state index in [-0.39, 0.29) is 54.0 Å². The molecule has 290 valence electrons. The number of rotatable bonds is 14. The van der Waals surface area contributed by atoms with Crippen molar-refractivity contribution in [3.8, 4) is 0 Å². The molecule has 0 aliphatic heterocycles. The molecule has 53 heavy (non-hydrogen) atoms. The van der Waals surface area contributed by atoms with Crippen LogP contribution in [0, 0.1) is 28.6 Å². The lowest BCUT2D eigenvalue weighted by Gasteiger charge is -2.63. The van der Waals surface area contributed by atoms with E-state index in [2.05, 4.69) is 29.1 Å². The first-order valence-corrected chi connectivity index (χ1v) is 19.4. The Hall–Kier alpha value is -4.00. The van der Waals surface area contributed by atoms with Crippen molar-refractivity contribution in [1.29, 1.82) is 0 Å². The fourth-order valence-corrected chi connectivity index (χ4v) is 11.0. The van der Waals surface area contributed by atoms with Crippen LogP contribution in [0.4, 0.5) is 0 Å². The highest BCUT2D eigenvalue weighted by Gasteiger charge is 2.70. The molecule has 0 spiro atoms. The summed E-state index contributed by atoms with van der Waals surface area (Å²) in [5.74, 6) is -1.59. The Morgan fingerprint density at radius 2 is 1.79 bits per heavy atom. The quantitative estimate of drug-likeness (QED) is 0.147. The molecule has 2 aromatic heterocycles. The van der Waals surface area contributed by atoms with Crippen LogP contribution in [0.2, 0.25) is 0 Å². The van der Waals surface area contributed by atoms with Gasteiger partial charge in [0.25, 0.3) is 0 Å². The first kappa shape index (κ1) is 38.7. The molecule has 0 aromatic carbocycles. The van der Waals surface area contributed by atoms with E-state index in [4.69, 9.17) is 13.9 Å². The van der Waals surface area contributed by atoms with E-state index < -0.39 is 40.7 Å². The van der Waals surface area contributed by atoms with Gasteiger partial charge in [-0.2, -0.15) is 0 Å². The van der Waals surface area contributed by atoms with E-state index >= 15 is 0 Å². The number of hydrogen-bond acceptors (Lipinski definition) is 10. The van der Waals surface area contributed by atoms with Crippen molar-refractivity contribution in [1.82, 2.24) is 15.3 Å². The smallest absolute Gasteiger partial charge is 0.335 e. The van der Waals surface area contributed by atoms with Gasteiger partial charge in [0, 0.05) is 61.9 Å². The third kappa shape index (κ3) is 7.95. The van der Waals surface area contributed by atoms with Crippen LogP contribution < -0.4 is 10.9 Å². The summed E-state index contributed by atoms with van der Waals surface area (Å²) in [6.07, 6.45) is 13.6. The van der Waals surface area contributed by atoms with Gasteiger partial charge in [-0.15, -0.1) is 0 Å². The van der Waals surface area contributed by atoms with E-state index in [1.54, 1.807) is 6.07 Å². The number of ether oxygens (including phenoxy) is 2. The van der Waals surface area contributed by atoms with Crippen LogP contribution in [0.3, 0.4) is 0 Å². The predicted molar refractivity (Wildman–Crippen MR) is 191 cm³/mol. The number of aromatic nitrogens is 2. The zero-order chi connectivity index (χ0) is 38.0. The minimum Gasteiger partial charge on any atom is -0.480 e. The van der Waals surface area contributed by atoms with Gasteiger partial charge in [-0.25, -0.2) is 14.6 Å². The summed E-state index contributed by atoms with van der Waals surface area (Å²) in [6, 6.07) is 2.11. The molecule has 4 saturated carbocycles. The molecule has 4 aliphatic rings. The molecule has 10 atom stereocenters. The maximum Gasteiger partial charge on any atom is 0.335 e. The Bertz CT molecular complexity index is 1670. The van der Waals surface area contributed by atoms with E-state index in [0.29, 0.717) is 37.3 Å². The summed E-state index contributed by atoms with van der Waals surface area (Å²) in [5.41, 5.74) is -0.674. The zero-order valence-electron chi connectivity index (χ0n) is 31.1. The van der Waals surface area contributed by atoms with Crippen molar-refractivity contribution < 1.29 is 43.3 Å². The molecule has 1 amide bonds. The number of carbonyl (C=O) groups is 4. The molecule has 13 nitrogen and oxygen atoms in total. The number of esters is 2. The summed E-state index contributed by atoms with van der Waals surface area (Å²) >= 11 is 0. The highest BCUT2D eigenvalue weighted by Crippen LogP contribution is 2.71. The van der Waals surface area contributed by atoms with Crippen molar-refractivity contribution in [2.45, 2.75) is 147 Å². The summed E-state index contributed by atoms with van der Waals surface area (Å²) < 4.78 is 17.1. The van der Waals surface area contributed by atoms with E-state index in [1.165, 1.54) is 31.8 Å². The first-order valence-electron chi connectivity index (χ1n) is 19.4. The Balaban J connectivity index is 0.967. The van der Waals surface area contributed by atoms with Gasteiger partial charge in [0.1, 0.15) is 18.2 Å². The van der Waals surface area contributed by atoms with Crippen LogP contribution in [0.15, 0.2) is 40.1 Å². The number of hydrogen-bond donors (Lipinski definition) is 4. The van der Waals surface area contributed by atoms with Gasteiger partial charge in [0.05, 0.1) is 18.2 Å². The van der Waals surface area contributed by atoms with Crippen LogP contribution in [0.5, 0.6) is 0 Å². The largest absolute Gasteiger partial charge is 0.480 e. The molecule has 4 aliphatic carbocycles. The molecule has 6 rings (SSSR count). The Morgan fingerprint density at radius 1 is 1.02 bits per heavy atom. The molecule has 2 heterocycles. The molecule has 0 saturated heterocycles. The average molecular weight is 738 g/mol. The number of H-pyrrole nitrogens is 1. The normalized spacial score (nSPS) is 33.8. The number of fused-ring (bicyclic) bond motifs is 5. The topological polar surface area (TPSA) is 198 Å². The lowest BCUT2D eigenvalue weighted by molar-refractivity contribution is -0.207. The molecular weight excluding hydrogens is 682 g/mol. The van der Waals surface area contributed by atoms with Crippen LogP contribution in [0.1, 0.15) is 128 Å². The van der Waals surface area contributed by atoms with Crippen molar-refractivity contribution in [3.05, 3.63) is 52.6 Å². The van der Waals surface area contributed by atoms with E-state index in [9.17, 15) is 34.2 Å². The maximum absolute atomic E-state index is 12.9. The number of aromatic amines is 1. The zero-order valence-corrected chi connectivity index (χ0v) is 31.1. The number of imidazole rings is 1. The lowest BCUT2D eigenvalue weighted by atomic mass is 9.43. The van der Waals surface area contributed by atoms with E-state index in [1.807, 2.05) is 0 Å². The standard InChI is InChI=1S/C40H55N3O10/c1-24(44)52-32-20-40(50)30-12-11-26-18-28(14-16-38(26,2)29(30)15-17-39(40,3)36(32)25-10-13-34(46)51-22-25)53-35(47)9-7-5-4-6-8-33(45)43-31(37(48)49)19-27-21-41-23-42-27/h10,13,21-23,26,28-32,36,50H,4-9,11-12,14-20H2,1-3H3,(H,41,42)(H,43,45)(H,48,49)/t26-,28+,29+,30-,31+,32+,36+,38+,39-,40+/m1/s1. The van der Waals surface area contributed by atoms with Crippen molar-refractivity contribution in [3.63, 3.8) is 0 Å². The molecule has 4 N–H and O–H groups in total. The van der Waals surface area contributed by atoms with Gasteiger partial charge in [-0.1, -0.05) is 26.7 Å². The number of carbonyl (C=O) groups excluding carboxylic acids is 3. The highest BCUT2D eigenvalue weighted by atomic mass is 16.5. The number of carboxylic acid groups (broad SMARTS) is 1. The number of carboxylic acids is 1. The third-order valence-corrected chi connectivity index (χ3v) is 13.6. The summed E-state index contributed by atoms with van der Waals surface area (Å²) in [5, 5.41) is 24.8. The fourth-order valence-electron chi connectivity index (χ4n) is 11.0. The molecule has 13 heteroatoms. The number of nitrogens with zero attached hydrogens (tertiary/aromatic N) is 1. The minimum atomic E-state index is -1.10. The van der Waals surface area contributed by atoms with E-state index in [0.717, 1.165) is 63.4 Å². The maximum atomic E-state index is 12.9. The second kappa shape index (κ2) is 15.8. The third-order valence-electron chi connectivity index (χ3n) is 13.6. The number of aliphatic hydroxyl groups is 1. The summed E-state index contributed by atoms with van der Waals surface area (Å²) in [7, 11) is 0. The molecule has 2 aromatic rings. The average Bonchev–Trinajstić information content (AvgIpc) is 3.69. The van der Waals surface area contributed by atoms with Crippen LogP contribution in [0.25, 0.3) is 0 Å². The molecule has 0 unspecified atom stereocenters.